The van der Waals surface area contributed by atoms with E-state index in [-0.39, 0.29) is 6.09 Å². The van der Waals surface area contributed by atoms with Crippen molar-refractivity contribution in [2.45, 2.75) is 90.3 Å². The summed E-state index contributed by atoms with van der Waals surface area (Å²) in [6, 6.07) is 1.17. The van der Waals surface area contributed by atoms with Gasteiger partial charge in [0, 0.05) is 18.6 Å². The lowest BCUT2D eigenvalue weighted by Gasteiger charge is -2.27. The van der Waals surface area contributed by atoms with Crippen molar-refractivity contribution in [2.75, 3.05) is 26.2 Å². The SMILES string of the molecule is CCCN1CCCC(NC2CCCC2CNC(=O)OC(C)(C)C)CC1. The van der Waals surface area contributed by atoms with E-state index in [0.29, 0.717) is 18.0 Å². The van der Waals surface area contributed by atoms with Gasteiger partial charge in [-0.3, -0.25) is 0 Å². The van der Waals surface area contributed by atoms with Gasteiger partial charge in [0.25, 0.3) is 0 Å². The predicted octanol–water partition coefficient (Wildman–Crippen LogP) is 3.53. The van der Waals surface area contributed by atoms with Gasteiger partial charge in [-0.25, -0.2) is 4.79 Å². The molecule has 2 fully saturated rings. The molecule has 0 bridgehead atoms. The molecule has 2 aliphatic rings. The Bertz CT molecular complexity index is 408. The highest BCUT2D eigenvalue weighted by Crippen LogP contribution is 2.27. The summed E-state index contributed by atoms with van der Waals surface area (Å²) in [5.74, 6) is 0.530. The van der Waals surface area contributed by atoms with Crippen molar-refractivity contribution in [3.63, 3.8) is 0 Å². The first-order valence-electron chi connectivity index (χ1n) is 10.3. The van der Waals surface area contributed by atoms with Crippen molar-refractivity contribution in [3.8, 4) is 0 Å². The molecule has 1 saturated heterocycles. The molecule has 3 atom stereocenters. The third-order valence-corrected chi connectivity index (χ3v) is 5.38. The van der Waals surface area contributed by atoms with Crippen LogP contribution >= 0.6 is 0 Å². The highest BCUT2D eigenvalue weighted by molar-refractivity contribution is 5.67. The molecule has 0 spiro atoms. The smallest absolute Gasteiger partial charge is 0.407 e. The van der Waals surface area contributed by atoms with E-state index in [1.165, 1.54) is 64.6 Å². The van der Waals surface area contributed by atoms with Crippen molar-refractivity contribution in [1.82, 2.24) is 15.5 Å². The Hall–Kier alpha value is -0.810. The molecule has 1 aliphatic carbocycles. The van der Waals surface area contributed by atoms with Gasteiger partial charge in [-0.2, -0.15) is 0 Å². The average molecular weight is 354 g/mol. The summed E-state index contributed by atoms with van der Waals surface area (Å²) in [5, 5.41) is 6.90. The van der Waals surface area contributed by atoms with Crippen molar-refractivity contribution < 1.29 is 9.53 Å². The first kappa shape index (κ1) is 20.5. The number of alkyl carbamates (subject to hydrolysis) is 1. The number of ether oxygens (including phenoxy) is 1. The lowest BCUT2D eigenvalue weighted by molar-refractivity contribution is 0.0517. The van der Waals surface area contributed by atoms with Crippen molar-refractivity contribution >= 4 is 6.09 Å². The second kappa shape index (κ2) is 9.77. The summed E-state index contributed by atoms with van der Waals surface area (Å²) in [6.45, 7) is 12.4. The molecule has 2 rings (SSSR count). The summed E-state index contributed by atoms with van der Waals surface area (Å²) in [6.07, 6.45) is 8.48. The number of nitrogens with one attached hydrogen (secondary N) is 2. The van der Waals surface area contributed by atoms with Gasteiger partial charge >= 0.3 is 6.09 Å². The van der Waals surface area contributed by atoms with Gasteiger partial charge in [0.2, 0.25) is 0 Å². The second-order valence-electron chi connectivity index (χ2n) is 8.82. The molecule has 5 nitrogen and oxygen atoms in total. The van der Waals surface area contributed by atoms with Crippen LogP contribution in [-0.4, -0.2) is 54.9 Å². The minimum absolute atomic E-state index is 0.289. The summed E-state index contributed by atoms with van der Waals surface area (Å²) in [7, 11) is 0. The number of rotatable bonds is 6. The van der Waals surface area contributed by atoms with Gasteiger partial charge in [0.15, 0.2) is 0 Å². The molecule has 25 heavy (non-hydrogen) atoms. The number of carbonyl (C=O) groups excluding carboxylic acids is 1. The number of amides is 1. The zero-order valence-electron chi connectivity index (χ0n) is 16.8. The zero-order chi connectivity index (χ0) is 18.3. The van der Waals surface area contributed by atoms with Crippen LogP contribution in [0.5, 0.6) is 0 Å². The average Bonchev–Trinajstić information content (AvgIpc) is 2.83. The third-order valence-electron chi connectivity index (χ3n) is 5.38. The lowest BCUT2D eigenvalue weighted by Crippen LogP contribution is -2.45. The van der Waals surface area contributed by atoms with Crippen LogP contribution in [0.1, 0.15) is 72.6 Å². The second-order valence-corrected chi connectivity index (χ2v) is 8.82. The Kier molecular flexibility index (Phi) is 8.01. The van der Waals surface area contributed by atoms with Crippen LogP contribution in [0.25, 0.3) is 0 Å². The van der Waals surface area contributed by atoms with Crippen molar-refractivity contribution in [2.24, 2.45) is 5.92 Å². The van der Waals surface area contributed by atoms with Crippen LogP contribution in [0.4, 0.5) is 4.79 Å². The molecule has 146 valence electrons. The van der Waals surface area contributed by atoms with Crippen LogP contribution in [0.3, 0.4) is 0 Å². The molecule has 3 unspecified atom stereocenters. The maximum absolute atomic E-state index is 11.9. The van der Waals surface area contributed by atoms with Crippen LogP contribution in [0.15, 0.2) is 0 Å². The Morgan fingerprint density at radius 1 is 1.12 bits per heavy atom. The van der Waals surface area contributed by atoms with Gasteiger partial charge < -0.3 is 20.3 Å². The molecule has 0 radical (unpaired) electrons. The third kappa shape index (κ3) is 7.53. The topological polar surface area (TPSA) is 53.6 Å². The highest BCUT2D eigenvalue weighted by Gasteiger charge is 2.30. The number of nitrogens with zero attached hydrogens (tertiary/aromatic N) is 1. The normalized spacial score (nSPS) is 28.6. The van der Waals surface area contributed by atoms with Crippen LogP contribution in [-0.2, 0) is 4.74 Å². The summed E-state index contributed by atoms with van der Waals surface area (Å²) in [4.78, 5) is 14.5. The fourth-order valence-electron chi connectivity index (χ4n) is 4.19. The molecular weight excluding hydrogens is 314 g/mol. The fourth-order valence-corrected chi connectivity index (χ4v) is 4.19. The molecule has 1 amide bonds. The highest BCUT2D eigenvalue weighted by atomic mass is 16.6. The summed E-state index contributed by atoms with van der Waals surface area (Å²) < 4.78 is 5.36. The summed E-state index contributed by atoms with van der Waals surface area (Å²) >= 11 is 0. The zero-order valence-corrected chi connectivity index (χ0v) is 16.8. The van der Waals surface area contributed by atoms with E-state index in [9.17, 15) is 4.79 Å². The number of likely N-dealkylation sites (tertiary alicyclic amines) is 1. The molecule has 0 aromatic rings. The van der Waals surface area contributed by atoms with Crippen LogP contribution < -0.4 is 10.6 Å². The van der Waals surface area contributed by atoms with Crippen molar-refractivity contribution in [3.05, 3.63) is 0 Å². The van der Waals surface area contributed by atoms with Crippen LogP contribution in [0, 0.1) is 5.92 Å². The van der Waals surface area contributed by atoms with Gasteiger partial charge in [0.05, 0.1) is 0 Å². The predicted molar refractivity (Wildman–Crippen MR) is 103 cm³/mol. The largest absolute Gasteiger partial charge is 0.444 e. The maximum atomic E-state index is 11.9. The van der Waals surface area contributed by atoms with Gasteiger partial charge in [0.1, 0.15) is 5.60 Å². The van der Waals surface area contributed by atoms with E-state index in [0.717, 1.165) is 6.54 Å². The first-order chi connectivity index (χ1) is 11.9. The molecule has 1 aliphatic heterocycles. The monoisotopic (exact) mass is 353 g/mol. The maximum Gasteiger partial charge on any atom is 0.407 e. The fraction of sp³-hybridized carbons (Fsp3) is 0.950. The van der Waals surface area contributed by atoms with E-state index >= 15 is 0 Å². The van der Waals surface area contributed by atoms with E-state index in [2.05, 4.69) is 22.5 Å². The first-order valence-corrected chi connectivity index (χ1v) is 10.3. The standard InChI is InChI=1S/C20H39N3O2/c1-5-12-23-13-7-9-17(11-14-23)22-18-10-6-8-16(18)15-21-19(24)25-20(2,3)4/h16-18,22H,5-15H2,1-4H3,(H,21,24). The Morgan fingerprint density at radius 2 is 1.92 bits per heavy atom. The number of hydrogen-bond acceptors (Lipinski definition) is 4. The van der Waals surface area contributed by atoms with E-state index < -0.39 is 5.60 Å². The minimum Gasteiger partial charge on any atom is -0.444 e. The van der Waals surface area contributed by atoms with E-state index in [1.54, 1.807) is 0 Å². The lowest BCUT2D eigenvalue weighted by atomic mass is 10.0. The Morgan fingerprint density at radius 3 is 2.64 bits per heavy atom. The molecule has 0 aromatic heterocycles. The molecule has 1 heterocycles. The molecule has 0 aromatic carbocycles. The number of carbonyl (C=O) groups is 1. The van der Waals surface area contributed by atoms with Crippen LogP contribution in [0.2, 0.25) is 0 Å². The quantitative estimate of drug-likeness (QED) is 0.767. The molecular formula is C20H39N3O2. The minimum atomic E-state index is -0.428. The molecule has 5 heteroatoms. The molecule has 1 saturated carbocycles. The van der Waals surface area contributed by atoms with Crippen molar-refractivity contribution in [1.29, 1.82) is 0 Å². The van der Waals surface area contributed by atoms with Gasteiger partial charge in [-0.05, 0) is 84.8 Å². The van der Waals surface area contributed by atoms with Gasteiger partial charge in [-0.1, -0.05) is 13.3 Å². The number of hydrogen-bond donors (Lipinski definition) is 2. The Balaban J connectivity index is 1.74. The Labute approximate surface area is 154 Å². The molecule has 2 N–H and O–H groups in total. The van der Waals surface area contributed by atoms with E-state index in [4.69, 9.17) is 4.74 Å². The summed E-state index contributed by atoms with van der Waals surface area (Å²) in [5.41, 5.74) is -0.428. The van der Waals surface area contributed by atoms with E-state index in [1.807, 2.05) is 20.8 Å². The van der Waals surface area contributed by atoms with Gasteiger partial charge in [-0.15, -0.1) is 0 Å².